The van der Waals surface area contributed by atoms with Crippen molar-refractivity contribution in [3.05, 3.63) is 53.1 Å². The highest BCUT2D eigenvalue weighted by Crippen LogP contribution is 2.28. The number of amides is 3. The van der Waals surface area contributed by atoms with Crippen LogP contribution in [-0.2, 0) is 11.3 Å². The summed E-state index contributed by atoms with van der Waals surface area (Å²) in [5, 5.41) is 8.87. The molecule has 0 radical (unpaired) electrons. The Morgan fingerprint density at radius 2 is 2.00 bits per heavy atom. The molecule has 124 valence electrons. The number of nitrogens with one attached hydrogen (secondary N) is 3. The molecule has 0 saturated heterocycles. The number of urea groups is 1. The van der Waals surface area contributed by atoms with Gasteiger partial charge >= 0.3 is 6.03 Å². The number of hydrogen-bond acceptors (Lipinski definition) is 3. The third-order valence-electron chi connectivity index (χ3n) is 3.46. The number of carbonyl (C=O) groups is 2. The third kappa shape index (κ3) is 4.17. The summed E-state index contributed by atoms with van der Waals surface area (Å²) in [5.41, 5.74) is 2.13. The highest BCUT2D eigenvalue weighted by molar-refractivity contribution is 6.30. The molecule has 3 rings (SSSR count). The van der Waals surface area contributed by atoms with Crippen molar-refractivity contribution in [2.75, 3.05) is 17.2 Å². The van der Waals surface area contributed by atoms with Crippen molar-refractivity contribution in [3.8, 4) is 5.75 Å². The summed E-state index contributed by atoms with van der Waals surface area (Å²) in [7, 11) is 0. The zero-order valence-electron chi connectivity index (χ0n) is 12.8. The maximum Gasteiger partial charge on any atom is 0.319 e. The second kappa shape index (κ2) is 7.23. The van der Waals surface area contributed by atoms with Crippen LogP contribution in [0.1, 0.15) is 12.0 Å². The van der Waals surface area contributed by atoms with Gasteiger partial charge in [0.25, 0.3) is 0 Å². The van der Waals surface area contributed by atoms with Crippen molar-refractivity contribution < 1.29 is 14.3 Å². The summed E-state index contributed by atoms with van der Waals surface area (Å²) < 4.78 is 5.49. The lowest BCUT2D eigenvalue weighted by Gasteiger charge is -2.11. The smallest absolute Gasteiger partial charge is 0.319 e. The maximum atomic E-state index is 11.9. The Morgan fingerprint density at radius 1 is 1.21 bits per heavy atom. The molecule has 3 amide bonds. The van der Waals surface area contributed by atoms with Crippen LogP contribution in [0.15, 0.2) is 42.5 Å². The zero-order chi connectivity index (χ0) is 16.9. The summed E-state index contributed by atoms with van der Waals surface area (Å²) in [6, 6.07) is 11.9. The fraction of sp³-hybridized carbons (Fsp3) is 0.176. The fourth-order valence-electron chi connectivity index (χ4n) is 2.27. The third-order valence-corrected chi connectivity index (χ3v) is 3.71. The van der Waals surface area contributed by atoms with Gasteiger partial charge in [-0.15, -0.1) is 0 Å². The van der Waals surface area contributed by atoms with Crippen LogP contribution >= 0.6 is 11.6 Å². The van der Waals surface area contributed by atoms with E-state index in [2.05, 4.69) is 16.0 Å². The number of anilines is 2. The highest BCUT2D eigenvalue weighted by Gasteiger charge is 2.14. The average molecular weight is 346 g/mol. The molecule has 1 aliphatic heterocycles. The molecule has 0 saturated carbocycles. The van der Waals surface area contributed by atoms with E-state index in [4.69, 9.17) is 16.3 Å². The molecule has 1 aliphatic rings. The van der Waals surface area contributed by atoms with E-state index in [1.54, 1.807) is 36.4 Å². The van der Waals surface area contributed by atoms with Crippen LogP contribution < -0.4 is 20.7 Å². The van der Waals surface area contributed by atoms with Gasteiger partial charge in [-0.3, -0.25) is 4.79 Å². The molecule has 6 nitrogen and oxygen atoms in total. The number of ether oxygens (including phenoxy) is 1. The first-order valence-electron chi connectivity index (χ1n) is 7.46. The number of benzene rings is 2. The highest BCUT2D eigenvalue weighted by atomic mass is 35.5. The predicted octanol–water partition coefficient (Wildman–Crippen LogP) is 3.38. The van der Waals surface area contributed by atoms with Crippen LogP contribution in [0.2, 0.25) is 5.02 Å². The molecule has 2 aromatic carbocycles. The van der Waals surface area contributed by atoms with Gasteiger partial charge in [-0.1, -0.05) is 17.7 Å². The molecule has 0 aliphatic carbocycles. The number of rotatable bonds is 3. The van der Waals surface area contributed by atoms with Crippen LogP contribution in [-0.4, -0.2) is 18.5 Å². The van der Waals surface area contributed by atoms with Gasteiger partial charge in [-0.2, -0.15) is 0 Å². The minimum Gasteiger partial charge on any atom is -0.491 e. The second-order valence-electron chi connectivity index (χ2n) is 5.29. The van der Waals surface area contributed by atoms with Crippen molar-refractivity contribution in [2.24, 2.45) is 0 Å². The van der Waals surface area contributed by atoms with E-state index in [1.165, 1.54) is 0 Å². The minimum atomic E-state index is -0.326. The number of hydrogen-bond donors (Lipinski definition) is 3. The summed E-state index contributed by atoms with van der Waals surface area (Å²) in [6.07, 6.45) is 0.325. The predicted molar refractivity (Wildman–Crippen MR) is 92.5 cm³/mol. The minimum absolute atomic E-state index is 0.0839. The lowest BCUT2D eigenvalue weighted by atomic mass is 10.2. The molecule has 0 fully saturated rings. The van der Waals surface area contributed by atoms with E-state index < -0.39 is 0 Å². The maximum absolute atomic E-state index is 11.9. The standard InChI is InChI=1S/C17H16ClN3O3/c18-12-2-4-13(5-3-12)20-17(23)19-10-11-1-6-15-14(9-11)21-16(22)7-8-24-15/h1-6,9H,7-8,10H2,(H,21,22)(H2,19,20,23). The van der Waals surface area contributed by atoms with Gasteiger partial charge < -0.3 is 20.7 Å². The van der Waals surface area contributed by atoms with Gasteiger partial charge in [-0.25, -0.2) is 4.79 Å². The fourth-order valence-corrected chi connectivity index (χ4v) is 2.39. The van der Waals surface area contributed by atoms with E-state index >= 15 is 0 Å². The molecular weight excluding hydrogens is 330 g/mol. The van der Waals surface area contributed by atoms with Crippen LogP contribution in [0.4, 0.5) is 16.2 Å². The first-order chi connectivity index (χ1) is 11.6. The quantitative estimate of drug-likeness (QED) is 0.797. The second-order valence-corrected chi connectivity index (χ2v) is 5.73. The molecule has 0 spiro atoms. The monoisotopic (exact) mass is 345 g/mol. The van der Waals surface area contributed by atoms with Gasteiger partial charge in [0.1, 0.15) is 5.75 Å². The van der Waals surface area contributed by atoms with Crippen LogP contribution in [0.5, 0.6) is 5.75 Å². The first-order valence-corrected chi connectivity index (χ1v) is 7.84. The Bertz CT molecular complexity index is 762. The van der Waals surface area contributed by atoms with E-state index in [0.717, 1.165) is 5.56 Å². The van der Waals surface area contributed by atoms with Gasteiger partial charge in [0.15, 0.2) is 0 Å². The largest absolute Gasteiger partial charge is 0.491 e. The van der Waals surface area contributed by atoms with Crippen LogP contribution in [0, 0.1) is 0 Å². The Balaban J connectivity index is 1.59. The van der Waals surface area contributed by atoms with Crippen molar-refractivity contribution in [3.63, 3.8) is 0 Å². The molecule has 0 bridgehead atoms. The van der Waals surface area contributed by atoms with Gasteiger partial charge in [-0.05, 0) is 42.0 Å². The Labute approximate surface area is 144 Å². The van der Waals surface area contributed by atoms with Gasteiger partial charge in [0, 0.05) is 17.3 Å². The molecule has 0 aromatic heterocycles. The van der Waals surface area contributed by atoms with Gasteiger partial charge in [0.2, 0.25) is 5.91 Å². The Hall–Kier alpha value is -2.73. The molecule has 24 heavy (non-hydrogen) atoms. The lowest BCUT2D eigenvalue weighted by molar-refractivity contribution is -0.116. The molecule has 2 aromatic rings. The molecule has 1 heterocycles. The topological polar surface area (TPSA) is 79.5 Å². The number of carbonyl (C=O) groups excluding carboxylic acids is 2. The molecule has 3 N–H and O–H groups in total. The number of fused-ring (bicyclic) bond motifs is 1. The van der Waals surface area contributed by atoms with Crippen molar-refractivity contribution in [1.29, 1.82) is 0 Å². The van der Waals surface area contributed by atoms with E-state index in [0.29, 0.717) is 41.7 Å². The summed E-state index contributed by atoms with van der Waals surface area (Å²) in [6.45, 7) is 0.683. The van der Waals surface area contributed by atoms with Crippen molar-refractivity contribution >= 4 is 34.9 Å². The molecule has 0 unspecified atom stereocenters. The van der Waals surface area contributed by atoms with Crippen molar-refractivity contribution in [1.82, 2.24) is 5.32 Å². The average Bonchev–Trinajstić information content (AvgIpc) is 2.75. The lowest BCUT2D eigenvalue weighted by Crippen LogP contribution is -2.28. The molecular formula is C17H16ClN3O3. The van der Waals surface area contributed by atoms with Crippen LogP contribution in [0.3, 0.4) is 0 Å². The van der Waals surface area contributed by atoms with E-state index in [9.17, 15) is 9.59 Å². The SMILES string of the molecule is O=C1CCOc2ccc(CNC(=O)Nc3ccc(Cl)cc3)cc2N1. The van der Waals surface area contributed by atoms with Crippen molar-refractivity contribution in [2.45, 2.75) is 13.0 Å². The Kier molecular flexibility index (Phi) is 4.86. The summed E-state index contributed by atoms with van der Waals surface area (Å²) in [4.78, 5) is 23.5. The Morgan fingerprint density at radius 3 is 2.79 bits per heavy atom. The zero-order valence-corrected chi connectivity index (χ0v) is 13.5. The van der Waals surface area contributed by atoms with Gasteiger partial charge in [0.05, 0.1) is 18.7 Å². The first kappa shape index (κ1) is 16.1. The van der Waals surface area contributed by atoms with E-state index in [-0.39, 0.29) is 11.9 Å². The van der Waals surface area contributed by atoms with Crippen LogP contribution in [0.25, 0.3) is 0 Å². The molecule has 0 atom stereocenters. The molecule has 7 heteroatoms. The van der Waals surface area contributed by atoms with E-state index in [1.807, 2.05) is 6.07 Å². The normalized spacial score (nSPS) is 13.1. The number of halogens is 1. The summed E-state index contributed by atoms with van der Waals surface area (Å²) in [5.74, 6) is 0.551. The summed E-state index contributed by atoms with van der Waals surface area (Å²) >= 11 is 5.80.